The van der Waals surface area contributed by atoms with Crippen molar-refractivity contribution in [2.24, 2.45) is 5.92 Å². The molecule has 2 rings (SSSR count). The number of piperidine rings is 1. The zero-order valence-corrected chi connectivity index (χ0v) is 17.6. The molecule has 32 heavy (non-hydrogen) atoms. The van der Waals surface area contributed by atoms with E-state index >= 15 is 0 Å². The lowest BCUT2D eigenvalue weighted by atomic mass is 9.96. The van der Waals surface area contributed by atoms with Gasteiger partial charge in [0.2, 0.25) is 11.8 Å². The van der Waals surface area contributed by atoms with Crippen molar-refractivity contribution in [2.75, 3.05) is 25.0 Å². The van der Waals surface area contributed by atoms with Crippen molar-refractivity contribution in [3.8, 4) is 0 Å². The number of carboxylic acids is 1. The van der Waals surface area contributed by atoms with E-state index in [1.807, 2.05) is 0 Å². The standard InChI is InChI=1S/C19H25N3O3.C2HF3O2/c1-3-11-20-18(24)15-6-5-12-22(13-15)19(25)14-7-9-16(10-8-14)21-17(23)4-2;3-2(4,5)1(6)7/h3,7-10,15H,1,4-6,11-13H2,2H3,(H,20,24)(H,21,23);(H,6,7). The fourth-order valence-corrected chi connectivity index (χ4v) is 2.82. The summed E-state index contributed by atoms with van der Waals surface area (Å²) in [5.41, 5.74) is 1.23. The fourth-order valence-electron chi connectivity index (χ4n) is 2.82. The van der Waals surface area contributed by atoms with Gasteiger partial charge in [-0.15, -0.1) is 6.58 Å². The van der Waals surface area contributed by atoms with Crippen LogP contribution in [-0.4, -0.2) is 59.5 Å². The molecule has 0 saturated carbocycles. The Morgan fingerprint density at radius 1 is 1.22 bits per heavy atom. The molecular weight excluding hydrogens is 431 g/mol. The molecule has 3 N–H and O–H groups in total. The van der Waals surface area contributed by atoms with Crippen LogP contribution in [0.4, 0.5) is 18.9 Å². The van der Waals surface area contributed by atoms with Gasteiger partial charge in [-0.25, -0.2) is 4.79 Å². The summed E-state index contributed by atoms with van der Waals surface area (Å²) in [7, 11) is 0. The summed E-state index contributed by atoms with van der Waals surface area (Å²) in [4.78, 5) is 46.8. The molecule has 1 unspecified atom stereocenters. The topological polar surface area (TPSA) is 116 Å². The molecule has 1 atom stereocenters. The van der Waals surface area contributed by atoms with Gasteiger partial charge in [-0.2, -0.15) is 13.2 Å². The first kappa shape index (κ1) is 26.7. The van der Waals surface area contributed by atoms with E-state index in [0.29, 0.717) is 37.3 Å². The van der Waals surface area contributed by atoms with Crippen molar-refractivity contribution in [3.63, 3.8) is 0 Å². The van der Waals surface area contributed by atoms with Gasteiger partial charge < -0.3 is 20.6 Å². The minimum Gasteiger partial charge on any atom is -0.475 e. The van der Waals surface area contributed by atoms with Crippen LogP contribution in [0.5, 0.6) is 0 Å². The van der Waals surface area contributed by atoms with Gasteiger partial charge in [0.15, 0.2) is 0 Å². The van der Waals surface area contributed by atoms with E-state index in [9.17, 15) is 27.6 Å². The number of carbonyl (C=O) groups excluding carboxylic acids is 3. The van der Waals surface area contributed by atoms with Gasteiger partial charge in [-0.05, 0) is 37.1 Å². The molecule has 0 aliphatic carbocycles. The number of carboxylic acid groups (broad SMARTS) is 1. The summed E-state index contributed by atoms with van der Waals surface area (Å²) in [5, 5.41) is 12.7. The van der Waals surface area contributed by atoms with Crippen molar-refractivity contribution in [2.45, 2.75) is 32.4 Å². The number of alkyl halides is 3. The van der Waals surface area contributed by atoms with Gasteiger partial charge in [-0.1, -0.05) is 13.0 Å². The molecule has 176 valence electrons. The molecule has 1 fully saturated rings. The summed E-state index contributed by atoms with van der Waals surface area (Å²) in [6, 6.07) is 6.85. The second-order valence-electron chi connectivity index (χ2n) is 6.91. The Kier molecular flexibility index (Phi) is 10.4. The molecule has 0 bridgehead atoms. The van der Waals surface area contributed by atoms with Gasteiger partial charge >= 0.3 is 12.1 Å². The summed E-state index contributed by atoms with van der Waals surface area (Å²) in [5.74, 6) is -3.12. The first-order valence-corrected chi connectivity index (χ1v) is 9.87. The highest BCUT2D eigenvalue weighted by molar-refractivity contribution is 5.96. The second-order valence-corrected chi connectivity index (χ2v) is 6.91. The molecule has 1 aromatic carbocycles. The molecular formula is C21H26F3N3O5. The van der Waals surface area contributed by atoms with Crippen LogP contribution in [0.1, 0.15) is 36.5 Å². The number of hydrogen-bond acceptors (Lipinski definition) is 4. The van der Waals surface area contributed by atoms with E-state index in [0.717, 1.165) is 12.8 Å². The highest BCUT2D eigenvalue weighted by Gasteiger charge is 2.38. The largest absolute Gasteiger partial charge is 0.490 e. The normalized spacial score (nSPS) is 15.6. The number of anilines is 1. The predicted octanol–water partition coefficient (Wildman–Crippen LogP) is 2.82. The molecule has 0 spiro atoms. The molecule has 1 heterocycles. The zero-order valence-electron chi connectivity index (χ0n) is 17.6. The number of hydrogen-bond donors (Lipinski definition) is 3. The molecule has 0 radical (unpaired) electrons. The highest BCUT2D eigenvalue weighted by Crippen LogP contribution is 2.20. The number of halogens is 3. The van der Waals surface area contributed by atoms with Crippen LogP contribution in [0.2, 0.25) is 0 Å². The molecule has 0 aromatic heterocycles. The summed E-state index contributed by atoms with van der Waals surface area (Å²) in [6.07, 6.45) is -1.44. The van der Waals surface area contributed by atoms with E-state index < -0.39 is 12.1 Å². The van der Waals surface area contributed by atoms with Crippen LogP contribution < -0.4 is 10.6 Å². The van der Waals surface area contributed by atoms with E-state index in [-0.39, 0.29) is 23.6 Å². The van der Waals surface area contributed by atoms with E-state index in [2.05, 4.69) is 17.2 Å². The van der Waals surface area contributed by atoms with E-state index in [1.165, 1.54) is 0 Å². The molecule has 1 aliphatic rings. The number of likely N-dealkylation sites (tertiary alicyclic amines) is 1. The van der Waals surface area contributed by atoms with Crippen LogP contribution in [0.3, 0.4) is 0 Å². The number of benzene rings is 1. The first-order valence-electron chi connectivity index (χ1n) is 9.87. The lowest BCUT2D eigenvalue weighted by Gasteiger charge is -2.32. The van der Waals surface area contributed by atoms with Crippen LogP contribution in [0.25, 0.3) is 0 Å². The second kappa shape index (κ2) is 12.5. The minimum absolute atomic E-state index is 0.0324. The van der Waals surface area contributed by atoms with Crippen LogP contribution in [0.15, 0.2) is 36.9 Å². The molecule has 8 nitrogen and oxygen atoms in total. The summed E-state index contributed by atoms with van der Waals surface area (Å²) in [6.45, 7) is 6.89. The smallest absolute Gasteiger partial charge is 0.475 e. The maximum atomic E-state index is 12.7. The molecule has 1 saturated heterocycles. The Bertz CT molecular complexity index is 825. The Morgan fingerprint density at radius 2 is 1.81 bits per heavy atom. The summed E-state index contributed by atoms with van der Waals surface area (Å²) < 4.78 is 31.7. The Hall–Kier alpha value is -3.37. The van der Waals surface area contributed by atoms with Crippen LogP contribution in [-0.2, 0) is 14.4 Å². The van der Waals surface area contributed by atoms with Crippen molar-refractivity contribution < 1.29 is 37.5 Å². The van der Waals surface area contributed by atoms with E-state index in [1.54, 1.807) is 42.2 Å². The first-order chi connectivity index (χ1) is 15.0. The third kappa shape index (κ3) is 8.78. The zero-order chi connectivity index (χ0) is 24.3. The Morgan fingerprint density at radius 3 is 2.31 bits per heavy atom. The molecule has 3 amide bonds. The van der Waals surface area contributed by atoms with Crippen molar-refractivity contribution in [1.82, 2.24) is 10.2 Å². The maximum Gasteiger partial charge on any atom is 0.490 e. The van der Waals surface area contributed by atoms with E-state index in [4.69, 9.17) is 9.90 Å². The SMILES string of the molecule is C=CCNC(=O)C1CCCN(C(=O)c2ccc(NC(=O)CC)cc2)C1.O=C(O)C(F)(F)F. The predicted molar refractivity (Wildman–Crippen MR) is 111 cm³/mol. The molecule has 1 aromatic rings. The summed E-state index contributed by atoms with van der Waals surface area (Å²) >= 11 is 0. The van der Waals surface area contributed by atoms with Gasteiger partial charge in [-0.3, -0.25) is 14.4 Å². The number of nitrogens with zero attached hydrogens (tertiary/aromatic N) is 1. The quantitative estimate of drug-likeness (QED) is 0.568. The third-order valence-corrected chi connectivity index (χ3v) is 4.48. The Labute approximate surface area is 183 Å². The lowest BCUT2D eigenvalue weighted by molar-refractivity contribution is -0.192. The molecule has 11 heteroatoms. The van der Waals surface area contributed by atoms with Crippen molar-refractivity contribution in [3.05, 3.63) is 42.5 Å². The number of aliphatic carboxylic acids is 1. The Balaban J connectivity index is 0.000000633. The fraction of sp³-hybridized carbons (Fsp3) is 0.429. The molecule has 1 aliphatic heterocycles. The number of nitrogens with one attached hydrogen (secondary N) is 2. The number of carbonyl (C=O) groups is 4. The average Bonchev–Trinajstić information content (AvgIpc) is 2.77. The van der Waals surface area contributed by atoms with Gasteiger partial charge in [0.25, 0.3) is 5.91 Å². The third-order valence-electron chi connectivity index (χ3n) is 4.48. The van der Waals surface area contributed by atoms with Crippen LogP contribution >= 0.6 is 0 Å². The van der Waals surface area contributed by atoms with Gasteiger partial charge in [0.05, 0.1) is 5.92 Å². The lowest BCUT2D eigenvalue weighted by Crippen LogP contribution is -2.45. The number of amides is 3. The van der Waals surface area contributed by atoms with Gasteiger partial charge in [0, 0.05) is 37.3 Å². The minimum atomic E-state index is -5.08. The van der Waals surface area contributed by atoms with Crippen molar-refractivity contribution >= 4 is 29.4 Å². The number of rotatable bonds is 6. The highest BCUT2D eigenvalue weighted by atomic mass is 19.4. The monoisotopic (exact) mass is 457 g/mol. The van der Waals surface area contributed by atoms with Gasteiger partial charge in [0.1, 0.15) is 0 Å². The maximum absolute atomic E-state index is 12.7. The van der Waals surface area contributed by atoms with Crippen molar-refractivity contribution in [1.29, 1.82) is 0 Å². The average molecular weight is 457 g/mol. The van der Waals surface area contributed by atoms with Crippen LogP contribution in [0, 0.1) is 5.92 Å².